The van der Waals surface area contributed by atoms with Crippen molar-refractivity contribution in [3.05, 3.63) is 68.4 Å². The fourth-order valence-corrected chi connectivity index (χ4v) is 4.16. The number of aryl methyl sites for hydroxylation is 1. The van der Waals surface area contributed by atoms with Crippen LogP contribution in [0.3, 0.4) is 0 Å². The molecule has 4 nitrogen and oxygen atoms in total. The van der Waals surface area contributed by atoms with Crippen molar-refractivity contribution < 1.29 is 0 Å². The molecule has 1 atom stereocenters. The van der Waals surface area contributed by atoms with Crippen LogP contribution in [-0.4, -0.2) is 20.8 Å². The molecule has 0 radical (unpaired) electrons. The SMILES string of the molecule is Cc1cccn2c(=O)cc(CN3CCC[C@@H]3c3ccsc3)nc12. The van der Waals surface area contributed by atoms with E-state index in [-0.39, 0.29) is 5.56 Å². The Hall–Kier alpha value is -1.98. The Morgan fingerprint density at radius 1 is 1.39 bits per heavy atom. The number of likely N-dealkylation sites (tertiary alicyclic amines) is 1. The van der Waals surface area contributed by atoms with Crippen LogP contribution in [0.5, 0.6) is 0 Å². The van der Waals surface area contributed by atoms with Gasteiger partial charge in [-0.2, -0.15) is 11.3 Å². The van der Waals surface area contributed by atoms with Gasteiger partial charge in [-0.3, -0.25) is 14.1 Å². The fraction of sp³-hybridized carbons (Fsp3) is 0.333. The zero-order valence-electron chi connectivity index (χ0n) is 13.1. The summed E-state index contributed by atoms with van der Waals surface area (Å²) >= 11 is 1.75. The van der Waals surface area contributed by atoms with Crippen molar-refractivity contribution in [2.75, 3.05) is 6.54 Å². The minimum absolute atomic E-state index is 0.0000183. The van der Waals surface area contributed by atoms with E-state index in [2.05, 4.69) is 21.7 Å². The summed E-state index contributed by atoms with van der Waals surface area (Å²) in [5.74, 6) is 0. The van der Waals surface area contributed by atoms with Crippen molar-refractivity contribution in [3.63, 3.8) is 0 Å². The van der Waals surface area contributed by atoms with E-state index in [9.17, 15) is 4.79 Å². The lowest BCUT2D eigenvalue weighted by atomic mass is 10.1. The van der Waals surface area contributed by atoms with E-state index in [0.717, 1.165) is 30.0 Å². The van der Waals surface area contributed by atoms with E-state index in [4.69, 9.17) is 4.98 Å². The Balaban J connectivity index is 1.67. The fourth-order valence-electron chi connectivity index (χ4n) is 3.46. The molecule has 1 aliphatic heterocycles. The van der Waals surface area contributed by atoms with Gasteiger partial charge in [-0.05, 0) is 60.3 Å². The third-order valence-electron chi connectivity index (χ3n) is 4.60. The van der Waals surface area contributed by atoms with Gasteiger partial charge in [0.1, 0.15) is 5.65 Å². The van der Waals surface area contributed by atoms with Gasteiger partial charge in [-0.25, -0.2) is 4.98 Å². The largest absolute Gasteiger partial charge is 0.290 e. The number of hydrogen-bond acceptors (Lipinski definition) is 4. The van der Waals surface area contributed by atoms with Crippen LogP contribution in [0.1, 0.15) is 35.7 Å². The highest BCUT2D eigenvalue weighted by Gasteiger charge is 2.26. The molecule has 1 saturated heterocycles. The van der Waals surface area contributed by atoms with Crippen LogP contribution in [0.25, 0.3) is 5.65 Å². The average molecular weight is 325 g/mol. The number of aromatic nitrogens is 2. The van der Waals surface area contributed by atoms with Crippen molar-refractivity contribution in [1.82, 2.24) is 14.3 Å². The van der Waals surface area contributed by atoms with Crippen molar-refractivity contribution in [1.29, 1.82) is 0 Å². The lowest BCUT2D eigenvalue weighted by molar-refractivity contribution is 0.246. The van der Waals surface area contributed by atoms with E-state index >= 15 is 0 Å². The molecular formula is C18H19N3OS. The topological polar surface area (TPSA) is 37.6 Å². The van der Waals surface area contributed by atoms with E-state index < -0.39 is 0 Å². The molecule has 5 heteroatoms. The maximum atomic E-state index is 12.3. The van der Waals surface area contributed by atoms with E-state index in [1.54, 1.807) is 28.0 Å². The maximum Gasteiger partial charge on any atom is 0.258 e. The third-order valence-corrected chi connectivity index (χ3v) is 5.30. The Bertz CT molecular complexity index is 885. The normalized spacial score (nSPS) is 18.7. The Morgan fingerprint density at radius 2 is 2.30 bits per heavy atom. The first kappa shape index (κ1) is 14.6. The zero-order chi connectivity index (χ0) is 15.8. The molecule has 0 aromatic carbocycles. The zero-order valence-corrected chi connectivity index (χ0v) is 13.9. The second-order valence-electron chi connectivity index (χ2n) is 6.16. The number of rotatable bonds is 3. The van der Waals surface area contributed by atoms with Crippen molar-refractivity contribution in [3.8, 4) is 0 Å². The molecule has 1 fully saturated rings. The third kappa shape index (κ3) is 2.71. The summed E-state index contributed by atoms with van der Waals surface area (Å²) in [4.78, 5) is 19.5. The van der Waals surface area contributed by atoms with E-state index in [1.807, 2.05) is 19.1 Å². The standard InChI is InChI=1S/C18H19N3OS/c1-13-4-2-8-21-17(22)10-15(19-18(13)21)11-20-7-3-5-16(20)14-6-9-23-12-14/h2,4,6,8-10,12,16H,3,5,7,11H2,1H3/t16-/m1/s1. The highest BCUT2D eigenvalue weighted by Crippen LogP contribution is 2.33. The first-order valence-electron chi connectivity index (χ1n) is 7.96. The monoisotopic (exact) mass is 325 g/mol. The van der Waals surface area contributed by atoms with Crippen molar-refractivity contribution in [2.24, 2.45) is 0 Å². The van der Waals surface area contributed by atoms with Crippen LogP contribution in [0.4, 0.5) is 0 Å². The van der Waals surface area contributed by atoms with E-state index in [1.165, 1.54) is 18.4 Å². The van der Waals surface area contributed by atoms with Gasteiger partial charge in [-0.15, -0.1) is 0 Å². The number of fused-ring (bicyclic) bond motifs is 1. The lowest BCUT2D eigenvalue weighted by Gasteiger charge is -2.23. The van der Waals surface area contributed by atoms with Gasteiger partial charge in [0.2, 0.25) is 0 Å². The van der Waals surface area contributed by atoms with Gasteiger partial charge in [0.25, 0.3) is 5.56 Å². The van der Waals surface area contributed by atoms with Crippen LogP contribution < -0.4 is 5.56 Å². The Morgan fingerprint density at radius 3 is 3.13 bits per heavy atom. The molecule has 1 aliphatic rings. The molecule has 4 heterocycles. The maximum absolute atomic E-state index is 12.3. The molecule has 118 valence electrons. The van der Waals surface area contributed by atoms with Gasteiger partial charge in [0.15, 0.2) is 0 Å². The number of pyridine rings is 1. The molecule has 0 amide bonds. The van der Waals surface area contributed by atoms with Crippen LogP contribution in [0.2, 0.25) is 0 Å². The molecule has 0 aliphatic carbocycles. The van der Waals surface area contributed by atoms with E-state index in [0.29, 0.717) is 6.04 Å². The average Bonchev–Trinajstić information content (AvgIpc) is 3.19. The lowest BCUT2D eigenvalue weighted by Crippen LogP contribution is -2.25. The summed E-state index contributed by atoms with van der Waals surface area (Å²) in [6.07, 6.45) is 4.17. The first-order chi connectivity index (χ1) is 11.2. The van der Waals surface area contributed by atoms with Gasteiger partial charge < -0.3 is 0 Å². The second-order valence-corrected chi connectivity index (χ2v) is 6.94. The number of thiophene rings is 1. The molecule has 0 N–H and O–H groups in total. The van der Waals surface area contributed by atoms with Crippen LogP contribution >= 0.6 is 11.3 Å². The molecule has 0 saturated carbocycles. The molecule has 0 spiro atoms. The Labute approximate surface area is 139 Å². The molecule has 4 rings (SSSR count). The predicted octanol–water partition coefficient (Wildman–Crippen LogP) is 3.40. The molecule has 3 aromatic rings. The highest BCUT2D eigenvalue weighted by atomic mass is 32.1. The number of nitrogens with zero attached hydrogens (tertiary/aromatic N) is 3. The number of hydrogen-bond donors (Lipinski definition) is 0. The van der Waals surface area contributed by atoms with Crippen molar-refractivity contribution >= 4 is 17.0 Å². The van der Waals surface area contributed by atoms with Gasteiger partial charge in [0, 0.05) is 24.8 Å². The van der Waals surface area contributed by atoms with Crippen LogP contribution in [-0.2, 0) is 6.54 Å². The Kier molecular flexibility index (Phi) is 3.75. The van der Waals surface area contributed by atoms with Crippen molar-refractivity contribution in [2.45, 2.75) is 32.4 Å². The summed E-state index contributed by atoms with van der Waals surface area (Å²) in [6, 6.07) is 8.22. The molecule has 3 aromatic heterocycles. The highest BCUT2D eigenvalue weighted by molar-refractivity contribution is 7.07. The summed E-state index contributed by atoms with van der Waals surface area (Å²) < 4.78 is 1.62. The van der Waals surface area contributed by atoms with Gasteiger partial charge in [-0.1, -0.05) is 6.07 Å². The smallest absolute Gasteiger partial charge is 0.258 e. The minimum atomic E-state index is -0.0000183. The molecular weight excluding hydrogens is 306 g/mol. The molecule has 0 bridgehead atoms. The van der Waals surface area contributed by atoms with Gasteiger partial charge >= 0.3 is 0 Å². The predicted molar refractivity (Wildman–Crippen MR) is 92.9 cm³/mol. The summed E-state index contributed by atoms with van der Waals surface area (Å²) in [5, 5.41) is 4.37. The van der Waals surface area contributed by atoms with Gasteiger partial charge in [0.05, 0.1) is 5.69 Å². The van der Waals surface area contributed by atoms with Crippen LogP contribution in [0, 0.1) is 6.92 Å². The summed E-state index contributed by atoms with van der Waals surface area (Å²) in [5.41, 5.74) is 4.05. The summed E-state index contributed by atoms with van der Waals surface area (Å²) in [7, 11) is 0. The minimum Gasteiger partial charge on any atom is -0.290 e. The summed E-state index contributed by atoms with van der Waals surface area (Å²) in [6.45, 7) is 3.80. The molecule has 0 unspecified atom stereocenters. The quantitative estimate of drug-likeness (QED) is 0.741. The molecule has 23 heavy (non-hydrogen) atoms. The van der Waals surface area contributed by atoms with Crippen LogP contribution in [0.15, 0.2) is 46.0 Å². The first-order valence-corrected chi connectivity index (χ1v) is 8.91. The second kappa shape index (κ2) is 5.91.